The third kappa shape index (κ3) is 3.80. The van der Waals surface area contributed by atoms with Gasteiger partial charge in [-0.05, 0) is 26.7 Å². The fourth-order valence-electron chi connectivity index (χ4n) is 3.63. The Morgan fingerprint density at radius 2 is 1.79 bits per heavy atom. The first kappa shape index (κ1) is 20.4. The predicted molar refractivity (Wildman–Crippen MR) is 99.8 cm³/mol. The average Bonchev–Trinajstić information content (AvgIpc) is 2.96. The third-order valence-electron chi connectivity index (χ3n) is 5.34. The van der Waals surface area contributed by atoms with Crippen LogP contribution in [0.15, 0.2) is 30.4 Å². The molecule has 0 aromatic heterocycles. The lowest BCUT2D eigenvalue weighted by molar-refractivity contribution is -0.385. The summed E-state index contributed by atoms with van der Waals surface area (Å²) in [5.74, 6) is -3.24. The fraction of sp³-hybridized carbons (Fsp3) is 0.400. The highest BCUT2D eigenvalue weighted by atomic mass is 16.6. The topological polar surface area (TPSA) is 124 Å². The van der Waals surface area contributed by atoms with Gasteiger partial charge in [-0.3, -0.25) is 29.4 Å². The summed E-state index contributed by atoms with van der Waals surface area (Å²) in [7, 11) is 0. The first-order valence-corrected chi connectivity index (χ1v) is 9.19. The Labute approximate surface area is 166 Å². The molecule has 1 fully saturated rings. The van der Waals surface area contributed by atoms with E-state index in [0.717, 1.165) is 11.0 Å². The van der Waals surface area contributed by atoms with Crippen LogP contribution in [0.3, 0.4) is 0 Å². The summed E-state index contributed by atoms with van der Waals surface area (Å²) in [6, 6.07) is 2.82. The number of hydrogen-bond acceptors (Lipinski definition) is 7. The Bertz CT molecular complexity index is 911. The van der Waals surface area contributed by atoms with Gasteiger partial charge in [0, 0.05) is 17.2 Å². The number of esters is 1. The van der Waals surface area contributed by atoms with Crippen LogP contribution in [-0.2, 0) is 19.1 Å². The van der Waals surface area contributed by atoms with Gasteiger partial charge in [0.15, 0.2) is 6.61 Å². The van der Waals surface area contributed by atoms with Crippen molar-refractivity contribution in [1.82, 2.24) is 4.90 Å². The van der Waals surface area contributed by atoms with Gasteiger partial charge in [-0.1, -0.05) is 24.3 Å². The van der Waals surface area contributed by atoms with Crippen molar-refractivity contribution in [3.63, 3.8) is 0 Å². The number of fused-ring (bicyclic) bond motifs is 1. The summed E-state index contributed by atoms with van der Waals surface area (Å²) in [5.41, 5.74) is 0.229. The van der Waals surface area contributed by atoms with Gasteiger partial charge in [-0.25, -0.2) is 4.79 Å². The van der Waals surface area contributed by atoms with E-state index in [0.29, 0.717) is 18.4 Å². The smallest absolute Gasteiger partial charge is 0.329 e. The second-order valence-corrected chi connectivity index (χ2v) is 7.17. The summed E-state index contributed by atoms with van der Waals surface area (Å²) in [6.45, 7) is 2.28. The number of carbonyl (C=O) groups is 4. The Morgan fingerprint density at radius 3 is 2.34 bits per heavy atom. The number of ketones is 1. The molecule has 9 nitrogen and oxygen atoms in total. The maximum absolute atomic E-state index is 12.5. The molecule has 0 spiro atoms. The molecule has 0 radical (unpaired) electrons. The lowest BCUT2D eigenvalue weighted by atomic mass is 9.85. The van der Waals surface area contributed by atoms with Crippen LogP contribution in [0.4, 0.5) is 5.69 Å². The molecule has 0 N–H and O–H groups in total. The summed E-state index contributed by atoms with van der Waals surface area (Å²) in [6.07, 6.45) is 4.60. The zero-order valence-electron chi connectivity index (χ0n) is 16.0. The molecule has 1 aliphatic heterocycles. The van der Waals surface area contributed by atoms with Crippen molar-refractivity contribution in [3.8, 4) is 0 Å². The van der Waals surface area contributed by atoms with E-state index >= 15 is 0 Å². The van der Waals surface area contributed by atoms with Crippen LogP contribution in [0.1, 0.15) is 35.7 Å². The van der Waals surface area contributed by atoms with Crippen molar-refractivity contribution in [2.75, 3.05) is 6.61 Å². The number of nitro benzene ring substituents is 1. The van der Waals surface area contributed by atoms with Crippen LogP contribution >= 0.6 is 0 Å². The fourth-order valence-corrected chi connectivity index (χ4v) is 3.63. The lowest BCUT2D eigenvalue weighted by Gasteiger charge is -2.21. The summed E-state index contributed by atoms with van der Waals surface area (Å²) < 4.78 is 4.99. The largest absolute Gasteiger partial charge is 0.456 e. The maximum atomic E-state index is 12.5. The van der Waals surface area contributed by atoms with Crippen LogP contribution in [-0.4, -0.2) is 46.0 Å². The molecule has 1 saturated heterocycles. The van der Waals surface area contributed by atoms with Gasteiger partial charge in [-0.2, -0.15) is 0 Å². The minimum absolute atomic E-state index is 0.0353. The highest BCUT2D eigenvalue weighted by Crippen LogP contribution is 2.36. The van der Waals surface area contributed by atoms with Crippen molar-refractivity contribution in [2.45, 2.75) is 32.7 Å². The molecular formula is C20H20N2O7. The molecule has 3 atom stereocenters. The highest BCUT2D eigenvalue weighted by Gasteiger charge is 2.50. The van der Waals surface area contributed by atoms with E-state index in [-0.39, 0.29) is 11.3 Å². The number of Topliss-reactive ketones (excluding diaryl/α,β-unsaturated/α-hetero) is 1. The van der Waals surface area contributed by atoms with Gasteiger partial charge < -0.3 is 4.74 Å². The second-order valence-electron chi connectivity index (χ2n) is 7.17. The van der Waals surface area contributed by atoms with Gasteiger partial charge in [0.25, 0.3) is 5.69 Å². The molecule has 1 aliphatic carbocycles. The number of nitro groups is 1. The van der Waals surface area contributed by atoms with E-state index in [4.69, 9.17) is 4.74 Å². The molecular weight excluding hydrogens is 380 g/mol. The van der Waals surface area contributed by atoms with Gasteiger partial charge in [0.2, 0.25) is 17.6 Å². The highest BCUT2D eigenvalue weighted by molar-refractivity contribution is 6.08. The molecule has 1 heterocycles. The standard InChI is InChI=1S/C20H20N2O7/c1-11-7-8-13(9-16(11)22(27)28)17(23)10-29-20(26)12(2)21-18(24)14-5-3-4-6-15(14)19(21)25/h3-4,7-9,12,14-15H,5-6,10H2,1-2H3/t12-,14+,15+/m0/s1. The summed E-state index contributed by atoms with van der Waals surface area (Å²) in [5, 5.41) is 11.0. The van der Waals surface area contributed by atoms with E-state index < -0.39 is 53.0 Å². The lowest BCUT2D eigenvalue weighted by Crippen LogP contribution is -2.44. The molecule has 1 aromatic rings. The van der Waals surface area contributed by atoms with Crippen molar-refractivity contribution in [1.29, 1.82) is 0 Å². The van der Waals surface area contributed by atoms with E-state index in [1.54, 1.807) is 6.92 Å². The van der Waals surface area contributed by atoms with Crippen molar-refractivity contribution >= 4 is 29.3 Å². The van der Waals surface area contributed by atoms with E-state index in [1.165, 1.54) is 19.1 Å². The summed E-state index contributed by atoms with van der Waals surface area (Å²) in [4.78, 5) is 61.0. The molecule has 0 bridgehead atoms. The SMILES string of the molecule is Cc1ccc(C(=O)COC(=O)[C@H](C)N2C(=O)[C@@H]3CC=CC[C@H]3C2=O)cc1[N+](=O)[O-]. The molecule has 3 rings (SSSR count). The zero-order chi connectivity index (χ0) is 21.3. The number of amides is 2. The van der Waals surface area contributed by atoms with Crippen LogP contribution in [0.25, 0.3) is 0 Å². The van der Waals surface area contributed by atoms with Crippen LogP contribution in [0.5, 0.6) is 0 Å². The van der Waals surface area contributed by atoms with Crippen LogP contribution in [0, 0.1) is 28.9 Å². The number of imide groups is 1. The Morgan fingerprint density at radius 1 is 1.21 bits per heavy atom. The number of hydrogen-bond donors (Lipinski definition) is 0. The molecule has 0 saturated carbocycles. The van der Waals surface area contributed by atoms with E-state index in [2.05, 4.69) is 0 Å². The number of benzene rings is 1. The molecule has 29 heavy (non-hydrogen) atoms. The predicted octanol–water partition coefficient (Wildman–Crippen LogP) is 1.97. The summed E-state index contributed by atoms with van der Waals surface area (Å²) >= 11 is 0. The number of carbonyl (C=O) groups excluding carboxylic acids is 4. The van der Waals surface area contributed by atoms with Crippen molar-refractivity contribution in [2.24, 2.45) is 11.8 Å². The minimum Gasteiger partial charge on any atom is -0.456 e. The number of nitrogens with zero attached hydrogens (tertiary/aromatic N) is 2. The molecule has 152 valence electrons. The molecule has 1 aromatic carbocycles. The maximum Gasteiger partial charge on any atom is 0.329 e. The number of ether oxygens (including phenoxy) is 1. The number of aryl methyl sites for hydroxylation is 1. The average molecular weight is 400 g/mol. The van der Waals surface area contributed by atoms with E-state index in [1.807, 2.05) is 12.2 Å². The van der Waals surface area contributed by atoms with E-state index in [9.17, 15) is 29.3 Å². The third-order valence-corrected chi connectivity index (χ3v) is 5.34. The van der Waals surface area contributed by atoms with Crippen LogP contribution < -0.4 is 0 Å². The Balaban J connectivity index is 1.64. The molecule has 2 aliphatic rings. The van der Waals surface area contributed by atoms with Gasteiger partial charge in [0.05, 0.1) is 16.8 Å². The molecule has 2 amide bonds. The molecule has 9 heteroatoms. The Hall–Kier alpha value is -3.36. The second kappa shape index (κ2) is 7.94. The quantitative estimate of drug-likeness (QED) is 0.179. The first-order chi connectivity index (χ1) is 13.7. The minimum atomic E-state index is -1.15. The number of likely N-dealkylation sites (tertiary alicyclic amines) is 1. The monoisotopic (exact) mass is 400 g/mol. The first-order valence-electron chi connectivity index (χ1n) is 9.19. The van der Waals surface area contributed by atoms with Crippen molar-refractivity contribution < 1.29 is 28.8 Å². The number of allylic oxidation sites excluding steroid dienone is 2. The number of rotatable bonds is 6. The van der Waals surface area contributed by atoms with Gasteiger partial charge >= 0.3 is 5.97 Å². The zero-order valence-corrected chi connectivity index (χ0v) is 16.0. The Kier molecular flexibility index (Phi) is 5.58. The van der Waals surface area contributed by atoms with Crippen molar-refractivity contribution in [3.05, 3.63) is 51.6 Å². The van der Waals surface area contributed by atoms with Gasteiger partial charge in [0.1, 0.15) is 6.04 Å². The molecule has 0 unspecified atom stereocenters. The van der Waals surface area contributed by atoms with Crippen LogP contribution in [0.2, 0.25) is 0 Å². The van der Waals surface area contributed by atoms with Gasteiger partial charge in [-0.15, -0.1) is 0 Å². The normalized spacial score (nSPS) is 21.7.